The Bertz CT molecular complexity index is 352. The van der Waals surface area contributed by atoms with Gasteiger partial charge in [0.1, 0.15) is 10.7 Å². The zero-order valence-electron chi connectivity index (χ0n) is 6.95. The van der Waals surface area contributed by atoms with E-state index in [1.807, 2.05) is 0 Å². The van der Waals surface area contributed by atoms with Crippen molar-refractivity contribution in [3.05, 3.63) is 23.0 Å². The van der Waals surface area contributed by atoms with Gasteiger partial charge in [-0.15, -0.1) is 0 Å². The van der Waals surface area contributed by atoms with Crippen LogP contribution in [0.25, 0.3) is 0 Å². The summed E-state index contributed by atoms with van der Waals surface area (Å²) in [6.45, 7) is 3.31. The molecule has 1 aromatic heterocycles. The second-order valence-corrected chi connectivity index (χ2v) is 2.56. The van der Waals surface area contributed by atoms with Crippen LogP contribution in [0.4, 0.5) is 5.69 Å². The first-order chi connectivity index (χ1) is 6.19. The molecule has 68 valence electrons. The summed E-state index contributed by atoms with van der Waals surface area (Å²) in [6.07, 6.45) is 1.30. The number of carbonyl (C=O) groups excluding carboxylic acids is 1. The molecule has 1 heterocycles. The lowest BCUT2D eigenvalue weighted by Gasteiger charge is -2.01. The molecule has 0 unspecified atom stereocenters. The normalized spacial score (nSPS) is 9.38. The molecule has 0 saturated carbocycles. The standard InChI is InChI=1S/C8H7ClN2O2/c1-10-6-3-7(9)11-4-5(6)8(12)13-2/h3-4H,1H2,2H3. The molecule has 0 aliphatic rings. The molecule has 4 nitrogen and oxygen atoms in total. The fourth-order valence-electron chi connectivity index (χ4n) is 0.818. The number of hydrogen-bond donors (Lipinski definition) is 0. The minimum atomic E-state index is -0.508. The number of methoxy groups -OCH3 is 1. The number of carbonyl (C=O) groups is 1. The summed E-state index contributed by atoms with van der Waals surface area (Å²) in [4.78, 5) is 18.5. The maximum atomic E-state index is 11.1. The molecule has 0 radical (unpaired) electrons. The van der Waals surface area contributed by atoms with E-state index >= 15 is 0 Å². The van der Waals surface area contributed by atoms with Crippen LogP contribution in [0.2, 0.25) is 5.15 Å². The van der Waals surface area contributed by atoms with E-state index < -0.39 is 5.97 Å². The van der Waals surface area contributed by atoms with E-state index in [4.69, 9.17) is 11.6 Å². The van der Waals surface area contributed by atoms with E-state index in [0.717, 1.165) is 0 Å². The van der Waals surface area contributed by atoms with Crippen molar-refractivity contribution in [1.82, 2.24) is 4.98 Å². The van der Waals surface area contributed by atoms with Gasteiger partial charge in [0.15, 0.2) is 0 Å². The molecule has 0 fully saturated rings. The van der Waals surface area contributed by atoms with Gasteiger partial charge in [-0.25, -0.2) is 9.78 Å². The van der Waals surface area contributed by atoms with Gasteiger partial charge in [0, 0.05) is 12.3 Å². The molecule has 0 aliphatic carbocycles. The second-order valence-electron chi connectivity index (χ2n) is 2.17. The first-order valence-electron chi connectivity index (χ1n) is 3.39. The molecular formula is C8H7ClN2O2. The maximum Gasteiger partial charge on any atom is 0.341 e. The van der Waals surface area contributed by atoms with Gasteiger partial charge in [-0.2, -0.15) is 0 Å². The van der Waals surface area contributed by atoms with E-state index in [-0.39, 0.29) is 10.7 Å². The number of aliphatic imine (C=N–C) groups is 1. The second kappa shape index (κ2) is 4.00. The quantitative estimate of drug-likeness (QED) is 0.414. The third kappa shape index (κ3) is 2.03. The lowest BCUT2D eigenvalue weighted by atomic mass is 10.2. The predicted octanol–water partition coefficient (Wildman–Crippen LogP) is 1.85. The lowest BCUT2D eigenvalue weighted by Crippen LogP contribution is -2.02. The van der Waals surface area contributed by atoms with Crippen LogP contribution in [0.1, 0.15) is 10.4 Å². The molecule has 0 saturated heterocycles. The summed E-state index contributed by atoms with van der Waals surface area (Å²) in [7, 11) is 1.28. The van der Waals surface area contributed by atoms with Gasteiger partial charge in [-0.3, -0.25) is 4.99 Å². The Hall–Kier alpha value is -1.42. The van der Waals surface area contributed by atoms with Crippen molar-refractivity contribution in [2.45, 2.75) is 0 Å². The fourth-order valence-corrected chi connectivity index (χ4v) is 0.970. The van der Waals surface area contributed by atoms with Crippen LogP contribution in [0.15, 0.2) is 17.3 Å². The van der Waals surface area contributed by atoms with Crippen molar-refractivity contribution in [1.29, 1.82) is 0 Å². The number of ether oxygens (including phenoxy) is 1. The number of nitrogens with zero attached hydrogens (tertiary/aromatic N) is 2. The first kappa shape index (κ1) is 9.67. The molecule has 1 aromatic rings. The molecule has 13 heavy (non-hydrogen) atoms. The third-order valence-corrected chi connectivity index (χ3v) is 1.63. The van der Waals surface area contributed by atoms with Crippen molar-refractivity contribution < 1.29 is 9.53 Å². The average Bonchev–Trinajstić information content (AvgIpc) is 2.16. The summed E-state index contributed by atoms with van der Waals surface area (Å²) in [6, 6.07) is 1.45. The predicted molar refractivity (Wildman–Crippen MR) is 49.8 cm³/mol. The number of hydrogen-bond acceptors (Lipinski definition) is 4. The maximum absolute atomic E-state index is 11.1. The Kier molecular flexibility index (Phi) is 2.97. The van der Waals surface area contributed by atoms with E-state index in [1.165, 1.54) is 19.4 Å². The van der Waals surface area contributed by atoms with Crippen molar-refractivity contribution in [2.24, 2.45) is 4.99 Å². The third-order valence-electron chi connectivity index (χ3n) is 1.42. The van der Waals surface area contributed by atoms with Crippen molar-refractivity contribution in [3.63, 3.8) is 0 Å². The van der Waals surface area contributed by atoms with Crippen molar-refractivity contribution in [3.8, 4) is 0 Å². The Morgan fingerprint density at radius 2 is 2.46 bits per heavy atom. The molecule has 1 rings (SSSR count). The summed E-state index contributed by atoms with van der Waals surface area (Å²) in [5.41, 5.74) is 0.619. The molecule has 0 spiro atoms. The molecule has 0 aliphatic heterocycles. The van der Waals surface area contributed by atoms with Crippen molar-refractivity contribution in [2.75, 3.05) is 7.11 Å². The minimum Gasteiger partial charge on any atom is -0.465 e. The summed E-state index contributed by atoms with van der Waals surface area (Å²) in [5, 5.41) is 0.259. The zero-order valence-corrected chi connectivity index (χ0v) is 7.71. The Morgan fingerprint density at radius 3 is 3.00 bits per heavy atom. The van der Waals surface area contributed by atoms with Crippen LogP contribution in [-0.4, -0.2) is 24.8 Å². The molecule has 0 amide bonds. The van der Waals surface area contributed by atoms with Gasteiger partial charge < -0.3 is 4.74 Å². The number of pyridine rings is 1. The Balaban J connectivity index is 3.20. The first-order valence-corrected chi connectivity index (χ1v) is 3.77. The van der Waals surface area contributed by atoms with Crippen LogP contribution < -0.4 is 0 Å². The van der Waals surface area contributed by atoms with Gasteiger partial charge in [-0.1, -0.05) is 11.6 Å². The van der Waals surface area contributed by atoms with Gasteiger partial charge in [0.2, 0.25) is 0 Å². The largest absolute Gasteiger partial charge is 0.465 e. The SMILES string of the molecule is C=Nc1cc(Cl)ncc1C(=O)OC. The van der Waals surface area contributed by atoms with E-state index in [0.29, 0.717) is 5.69 Å². The highest BCUT2D eigenvalue weighted by Crippen LogP contribution is 2.21. The summed E-state index contributed by atoms with van der Waals surface area (Å²) < 4.78 is 4.51. The van der Waals surface area contributed by atoms with Gasteiger partial charge in [0.05, 0.1) is 12.8 Å². The zero-order chi connectivity index (χ0) is 9.84. The fraction of sp³-hybridized carbons (Fsp3) is 0.125. The van der Waals surface area contributed by atoms with Gasteiger partial charge in [0.25, 0.3) is 0 Å². The number of rotatable bonds is 2. The molecular weight excluding hydrogens is 192 g/mol. The van der Waals surface area contributed by atoms with Crippen LogP contribution >= 0.6 is 11.6 Å². The van der Waals surface area contributed by atoms with Crippen LogP contribution in [0.3, 0.4) is 0 Å². The number of halogens is 1. The molecule has 5 heteroatoms. The van der Waals surface area contributed by atoms with Gasteiger partial charge >= 0.3 is 5.97 Å². The van der Waals surface area contributed by atoms with E-state index in [1.54, 1.807) is 0 Å². The smallest absolute Gasteiger partial charge is 0.341 e. The lowest BCUT2D eigenvalue weighted by molar-refractivity contribution is 0.0601. The van der Waals surface area contributed by atoms with E-state index in [9.17, 15) is 4.79 Å². The van der Waals surface area contributed by atoms with E-state index in [2.05, 4.69) is 21.4 Å². The highest BCUT2D eigenvalue weighted by Gasteiger charge is 2.11. The molecule has 0 aromatic carbocycles. The molecule has 0 bridgehead atoms. The monoisotopic (exact) mass is 198 g/mol. The average molecular weight is 199 g/mol. The molecule has 0 atom stereocenters. The Labute approximate surface area is 80.2 Å². The Morgan fingerprint density at radius 1 is 1.77 bits per heavy atom. The highest BCUT2D eigenvalue weighted by molar-refractivity contribution is 6.29. The van der Waals surface area contributed by atoms with Crippen LogP contribution in [-0.2, 0) is 4.74 Å². The minimum absolute atomic E-state index is 0.252. The van der Waals surface area contributed by atoms with Crippen LogP contribution in [0.5, 0.6) is 0 Å². The summed E-state index contributed by atoms with van der Waals surface area (Å²) in [5.74, 6) is -0.508. The van der Waals surface area contributed by atoms with Crippen molar-refractivity contribution >= 4 is 30.0 Å². The molecule has 0 N–H and O–H groups in total. The van der Waals surface area contributed by atoms with Gasteiger partial charge in [-0.05, 0) is 6.72 Å². The number of esters is 1. The highest BCUT2D eigenvalue weighted by atomic mass is 35.5. The summed E-state index contributed by atoms with van der Waals surface area (Å²) >= 11 is 5.59. The van der Waals surface area contributed by atoms with Crippen LogP contribution in [0, 0.1) is 0 Å². The number of aromatic nitrogens is 1. The topological polar surface area (TPSA) is 51.5 Å².